The minimum atomic E-state index is -0.368. The molecule has 0 radical (unpaired) electrons. The van der Waals surface area contributed by atoms with Crippen molar-refractivity contribution in [1.29, 1.82) is 0 Å². The van der Waals surface area contributed by atoms with Crippen molar-refractivity contribution in [2.75, 3.05) is 0 Å². The Bertz CT molecular complexity index is 349. The molecule has 0 aromatic carbocycles. The highest BCUT2D eigenvalue weighted by Gasteiger charge is 2.46. The van der Waals surface area contributed by atoms with Crippen LogP contribution in [0.25, 0.3) is 0 Å². The van der Waals surface area contributed by atoms with Gasteiger partial charge in [-0.1, -0.05) is 6.08 Å². The van der Waals surface area contributed by atoms with Crippen LogP contribution in [0.15, 0.2) is 12.7 Å². The van der Waals surface area contributed by atoms with Gasteiger partial charge in [0.25, 0.3) is 0 Å². The number of amides is 2. The smallest absolute Gasteiger partial charge is 0.246 e. The number of nitrogens with zero attached hydrogens (tertiary/aromatic N) is 1. The first kappa shape index (κ1) is 12.1. The van der Waals surface area contributed by atoms with Crippen molar-refractivity contribution in [3.05, 3.63) is 12.7 Å². The SMILES string of the molecule is C=CCC(C)N1C(=O)C(C2CC2)NC(=O)C1C. The van der Waals surface area contributed by atoms with Gasteiger partial charge in [-0.15, -0.1) is 6.58 Å². The second-order valence-electron chi connectivity index (χ2n) is 5.12. The van der Waals surface area contributed by atoms with Crippen molar-refractivity contribution >= 4 is 11.8 Å². The van der Waals surface area contributed by atoms with Gasteiger partial charge >= 0.3 is 0 Å². The second kappa shape index (κ2) is 4.51. The van der Waals surface area contributed by atoms with Gasteiger partial charge in [0.2, 0.25) is 11.8 Å². The van der Waals surface area contributed by atoms with Gasteiger partial charge < -0.3 is 10.2 Å². The fraction of sp³-hybridized carbons (Fsp3) is 0.692. The Morgan fingerprint density at radius 2 is 2.18 bits per heavy atom. The van der Waals surface area contributed by atoms with Crippen LogP contribution in [0.1, 0.15) is 33.1 Å². The zero-order valence-corrected chi connectivity index (χ0v) is 10.5. The minimum absolute atomic E-state index is 0.0302. The molecule has 2 aliphatic rings. The van der Waals surface area contributed by atoms with E-state index in [9.17, 15) is 9.59 Å². The summed E-state index contributed by atoms with van der Waals surface area (Å²) >= 11 is 0. The van der Waals surface area contributed by atoms with Gasteiger partial charge in [-0.2, -0.15) is 0 Å². The van der Waals surface area contributed by atoms with Crippen LogP contribution in [0.2, 0.25) is 0 Å². The zero-order chi connectivity index (χ0) is 12.6. The molecule has 1 saturated carbocycles. The summed E-state index contributed by atoms with van der Waals surface area (Å²) in [5, 5.41) is 2.85. The fourth-order valence-corrected chi connectivity index (χ4v) is 2.52. The fourth-order valence-electron chi connectivity index (χ4n) is 2.52. The number of piperazine rings is 1. The molecule has 0 aromatic rings. The van der Waals surface area contributed by atoms with Crippen molar-refractivity contribution in [1.82, 2.24) is 10.2 Å². The van der Waals surface area contributed by atoms with Crippen molar-refractivity contribution in [3.8, 4) is 0 Å². The Morgan fingerprint density at radius 1 is 1.53 bits per heavy atom. The summed E-state index contributed by atoms with van der Waals surface area (Å²) in [4.78, 5) is 26.0. The highest BCUT2D eigenvalue weighted by atomic mass is 16.2. The molecule has 2 amide bonds. The quantitative estimate of drug-likeness (QED) is 0.742. The van der Waals surface area contributed by atoms with Crippen LogP contribution in [-0.2, 0) is 9.59 Å². The lowest BCUT2D eigenvalue weighted by Gasteiger charge is -2.41. The van der Waals surface area contributed by atoms with E-state index < -0.39 is 0 Å². The van der Waals surface area contributed by atoms with Gasteiger partial charge in [-0.05, 0) is 39.0 Å². The number of nitrogens with one attached hydrogen (secondary N) is 1. The van der Waals surface area contributed by atoms with E-state index in [1.165, 1.54) is 0 Å². The molecule has 1 aliphatic heterocycles. The third kappa shape index (κ3) is 2.21. The van der Waals surface area contributed by atoms with E-state index in [0.717, 1.165) is 19.3 Å². The zero-order valence-electron chi connectivity index (χ0n) is 10.5. The van der Waals surface area contributed by atoms with Gasteiger partial charge in [0.1, 0.15) is 12.1 Å². The summed E-state index contributed by atoms with van der Waals surface area (Å²) < 4.78 is 0. The minimum Gasteiger partial charge on any atom is -0.342 e. The maximum absolute atomic E-state index is 12.4. The third-order valence-corrected chi connectivity index (χ3v) is 3.69. The predicted octanol–water partition coefficient (Wildman–Crippen LogP) is 1.08. The summed E-state index contributed by atoms with van der Waals surface area (Å²) in [7, 11) is 0. The highest BCUT2D eigenvalue weighted by Crippen LogP contribution is 2.35. The molecule has 2 fully saturated rings. The summed E-state index contributed by atoms with van der Waals surface area (Å²) in [6.45, 7) is 7.45. The molecule has 0 bridgehead atoms. The standard InChI is InChI=1S/C13H20N2O2/c1-4-5-8(2)15-9(3)12(16)14-11(13(15)17)10-6-7-10/h4,8-11H,1,5-7H2,2-3H3,(H,14,16). The van der Waals surface area contributed by atoms with Crippen LogP contribution in [-0.4, -0.2) is 34.8 Å². The Balaban J connectivity index is 2.17. The Labute approximate surface area is 102 Å². The molecule has 1 saturated heterocycles. The van der Waals surface area contributed by atoms with Crippen molar-refractivity contribution in [2.24, 2.45) is 5.92 Å². The lowest BCUT2D eigenvalue weighted by atomic mass is 10.0. The van der Waals surface area contributed by atoms with Crippen LogP contribution in [0.4, 0.5) is 0 Å². The molecule has 17 heavy (non-hydrogen) atoms. The van der Waals surface area contributed by atoms with Crippen LogP contribution in [0, 0.1) is 5.92 Å². The normalized spacial score (nSPS) is 31.1. The molecule has 94 valence electrons. The average Bonchev–Trinajstić information content (AvgIpc) is 3.08. The molecule has 2 rings (SSSR count). The first-order valence-electron chi connectivity index (χ1n) is 6.29. The van der Waals surface area contributed by atoms with Crippen molar-refractivity contribution < 1.29 is 9.59 Å². The molecule has 1 N–H and O–H groups in total. The predicted molar refractivity (Wildman–Crippen MR) is 65.2 cm³/mol. The molecule has 3 atom stereocenters. The Kier molecular flexibility index (Phi) is 3.22. The van der Waals surface area contributed by atoms with E-state index in [-0.39, 0.29) is 29.9 Å². The molecule has 4 heteroatoms. The van der Waals surface area contributed by atoms with E-state index in [4.69, 9.17) is 0 Å². The number of hydrogen-bond acceptors (Lipinski definition) is 2. The number of carbonyl (C=O) groups is 2. The van der Waals surface area contributed by atoms with Gasteiger partial charge in [-0.3, -0.25) is 9.59 Å². The van der Waals surface area contributed by atoms with Gasteiger partial charge in [0, 0.05) is 6.04 Å². The second-order valence-corrected chi connectivity index (χ2v) is 5.12. The number of rotatable bonds is 4. The molecule has 1 aliphatic carbocycles. The summed E-state index contributed by atoms with van der Waals surface area (Å²) in [5.74, 6) is 0.406. The largest absolute Gasteiger partial charge is 0.342 e. The van der Waals surface area contributed by atoms with Gasteiger partial charge in [0.05, 0.1) is 0 Å². The molecular formula is C13H20N2O2. The molecule has 3 unspecified atom stereocenters. The molecule has 1 heterocycles. The summed E-state index contributed by atoms with van der Waals surface area (Å²) in [6, 6.07) is -0.610. The van der Waals surface area contributed by atoms with Crippen LogP contribution >= 0.6 is 0 Å². The Morgan fingerprint density at radius 3 is 2.71 bits per heavy atom. The van der Waals surface area contributed by atoms with E-state index >= 15 is 0 Å². The number of hydrogen-bond donors (Lipinski definition) is 1. The van der Waals surface area contributed by atoms with Crippen LogP contribution in [0.5, 0.6) is 0 Å². The lowest BCUT2D eigenvalue weighted by Crippen LogP contribution is -2.65. The summed E-state index contributed by atoms with van der Waals surface area (Å²) in [5.41, 5.74) is 0. The lowest BCUT2D eigenvalue weighted by molar-refractivity contribution is -0.151. The first-order chi connectivity index (χ1) is 8.06. The highest BCUT2D eigenvalue weighted by molar-refractivity contribution is 5.97. The van der Waals surface area contributed by atoms with Gasteiger partial charge in [0.15, 0.2) is 0 Å². The average molecular weight is 236 g/mol. The van der Waals surface area contributed by atoms with Crippen LogP contribution < -0.4 is 5.32 Å². The van der Waals surface area contributed by atoms with E-state index in [1.54, 1.807) is 17.9 Å². The van der Waals surface area contributed by atoms with Crippen molar-refractivity contribution in [3.63, 3.8) is 0 Å². The monoisotopic (exact) mass is 236 g/mol. The van der Waals surface area contributed by atoms with Gasteiger partial charge in [-0.25, -0.2) is 0 Å². The van der Waals surface area contributed by atoms with Crippen LogP contribution in [0.3, 0.4) is 0 Å². The molecule has 0 spiro atoms. The first-order valence-corrected chi connectivity index (χ1v) is 6.29. The topological polar surface area (TPSA) is 49.4 Å². The third-order valence-electron chi connectivity index (χ3n) is 3.69. The molecule has 4 nitrogen and oxygen atoms in total. The maximum atomic E-state index is 12.4. The molecule has 0 aromatic heterocycles. The number of carbonyl (C=O) groups excluding carboxylic acids is 2. The molecular weight excluding hydrogens is 216 g/mol. The Hall–Kier alpha value is -1.32. The van der Waals surface area contributed by atoms with E-state index in [2.05, 4.69) is 11.9 Å². The van der Waals surface area contributed by atoms with E-state index in [1.807, 2.05) is 6.92 Å². The maximum Gasteiger partial charge on any atom is 0.246 e. The van der Waals surface area contributed by atoms with Crippen molar-refractivity contribution in [2.45, 2.75) is 51.2 Å². The van der Waals surface area contributed by atoms with E-state index in [0.29, 0.717) is 5.92 Å². The summed E-state index contributed by atoms with van der Waals surface area (Å²) in [6.07, 6.45) is 4.62.